The third-order valence-electron chi connectivity index (χ3n) is 3.00. The van der Waals surface area contributed by atoms with Crippen LogP contribution in [-0.2, 0) is 9.53 Å². The lowest BCUT2D eigenvalue weighted by molar-refractivity contribution is -0.121. The summed E-state index contributed by atoms with van der Waals surface area (Å²) in [4.78, 5) is 13.4. The van der Waals surface area contributed by atoms with Crippen LogP contribution in [0.3, 0.4) is 0 Å². The van der Waals surface area contributed by atoms with Crippen molar-refractivity contribution in [3.05, 3.63) is 0 Å². The predicted molar refractivity (Wildman–Crippen MR) is 56.4 cm³/mol. The third-order valence-corrected chi connectivity index (χ3v) is 3.00. The maximum atomic E-state index is 11.0. The molecule has 0 radical (unpaired) electrons. The largest absolute Gasteiger partial charge is 0.379 e. The number of carbonyl (C=O) groups excluding carboxylic acids is 1. The third kappa shape index (κ3) is 3.76. The highest BCUT2D eigenvalue weighted by Crippen LogP contribution is 2.15. The smallest absolute Gasteiger partial charge is 0.135 e. The van der Waals surface area contributed by atoms with Crippen molar-refractivity contribution < 1.29 is 9.53 Å². The van der Waals surface area contributed by atoms with E-state index in [1.54, 1.807) is 7.11 Å². The molecule has 14 heavy (non-hydrogen) atoms. The molecule has 0 aliphatic carbocycles. The molecule has 3 nitrogen and oxygen atoms in total. The number of carbonyl (C=O) groups is 1. The highest BCUT2D eigenvalue weighted by atomic mass is 16.5. The number of Topliss-reactive ketones (excluding diaryl/α,β-unsaturated/α-hetero) is 1. The summed E-state index contributed by atoms with van der Waals surface area (Å²) in [7, 11) is 1.75. The van der Waals surface area contributed by atoms with Crippen LogP contribution < -0.4 is 0 Å². The van der Waals surface area contributed by atoms with Crippen molar-refractivity contribution in [1.29, 1.82) is 0 Å². The first-order valence-corrected chi connectivity index (χ1v) is 5.33. The maximum Gasteiger partial charge on any atom is 0.135 e. The second-order valence-electron chi connectivity index (χ2n) is 4.59. The van der Waals surface area contributed by atoms with Crippen molar-refractivity contribution in [3.8, 4) is 0 Å². The van der Waals surface area contributed by atoms with Gasteiger partial charge in [0.1, 0.15) is 5.78 Å². The Morgan fingerprint density at radius 2 is 1.93 bits per heavy atom. The van der Waals surface area contributed by atoms with Gasteiger partial charge in [0.15, 0.2) is 0 Å². The van der Waals surface area contributed by atoms with Gasteiger partial charge < -0.3 is 9.64 Å². The maximum absolute atomic E-state index is 11.0. The van der Waals surface area contributed by atoms with Gasteiger partial charge in [0.25, 0.3) is 0 Å². The molecule has 0 aromatic carbocycles. The van der Waals surface area contributed by atoms with E-state index in [9.17, 15) is 4.79 Å². The van der Waals surface area contributed by atoms with E-state index < -0.39 is 0 Å². The number of hydrogen-bond donors (Lipinski definition) is 0. The minimum atomic E-state index is -0.0402. The first kappa shape index (κ1) is 11.7. The first-order valence-electron chi connectivity index (χ1n) is 5.33. The van der Waals surface area contributed by atoms with E-state index in [2.05, 4.69) is 18.7 Å². The molecule has 0 bridgehead atoms. The normalized spacial score (nSPS) is 20.1. The van der Waals surface area contributed by atoms with Gasteiger partial charge in [-0.3, -0.25) is 4.79 Å². The molecular weight excluding hydrogens is 178 g/mol. The molecule has 82 valence electrons. The Labute approximate surface area is 86.4 Å². The second-order valence-corrected chi connectivity index (χ2v) is 4.59. The Kier molecular flexibility index (Phi) is 4.08. The molecule has 0 atom stereocenters. The minimum Gasteiger partial charge on any atom is -0.379 e. The topological polar surface area (TPSA) is 29.5 Å². The fraction of sp³-hybridized carbons (Fsp3) is 0.909. The summed E-state index contributed by atoms with van der Waals surface area (Å²) in [6.45, 7) is 7.09. The van der Waals surface area contributed by atoms with Crippen LogP contribution in [0.15, 0.2) is 0 Å². The second kappa shape index (κ2) is 4.89. The van der Waals surface area contributed by atoms with Gasteiger partial charge in [-0.05, 0) is 20.3 Å². The zero-order valence-electron chi connectivity index (χ0n) is 9.51. The molecule has 1 saturated heterocycles. The van der Waals surface area contributed by atoms with Crippen LogP contribution in [-0.4, -0.2) is 43.0 Å². The molecule has 1 rings (SSSR count). The molecule has 1 aliphatic rings. The molecule has 0 N–H and O–H groups in total. The van der Waals surface area contributed by atoms with E-state index in [1.165, 1.54) is 0 Å². The summed E-state index contributed by atoms with van der Waals surface area (Å²) in [5.41, 5.74) is -0.0402. The highest BCUT2D eigenvalue weighted by molar-refractivity contribution is 5.79. The Morgan fingerprint density at radius 1 is 1.36 bits per heavy atom. The molecule has 0 saturated carbocycles. The van der Waals surface area contributed by atoms with Gasteiger partial charge in [-0.1, -0.05) is 0 Å². The van der Waals surface area contributed by atoms with Crippen molar-refractivity contribution in [2.45, 2.75) is 38.7 Å². The van der Waals surface area contributed by atoms with Crippen LogP contribution in [0.1, 0.15) is 33.1 Å². The molecular formula is C11H21NO2. The molecule has 0 unspecified atom stereocenters. The van der Waals surface area contributed by atoms with Gasteiger partial charge in [0, 0.05) is 39.6 Å². The summed E-state index contributed by atoms with van der Waals surface area (Å²) >= 11 is 0. The van der Waals surface area contributed by atoms with Crippen LogP contribution in [0, 0.1) is 0 Å². The van der Waals surface area contributed by atoms with Gasteiger partial charge >= 0.3 is 0 Å². The van der Waals surface area contributed by atoms with Crippen LogP contribution >= 0.6 is 0 Å². The number of nitrogens with zero attached hydrogens (tertiary/aromatic N) is 1. The van der Waals surface area contributed by atoms with Crippen molar-refractivity contribution in [2.75, 3.05) is 26.7 Å². The molecule has 3 heteroatoms. The van der Waals surface area contributed by atoms with Crippen LogP contribution in [0.5, 0.6) is 0 Å². The number of rotatable bonds is 4. The highest BCUT2D eigenvalue weighted by Gasteiger charge is 2.20. The number of ketones is 1. The summed E-state index contributed by atoms with van der Waals surface area (Å²) < 4.78 is 5.36. The summed E-state index contributed by atoms with van der Waals surface area (Å²) in [6.07, 6.45) is 2.48. The predicted octanol–water partition coefficient (Wildman–Crippen LogP) is 1.47. The number of piperidine rings is 1. The van der Waals surface area contributed by atoms with Crippen molar-refractivity contribution in [2.24, 2.45) is 0 Å². The first-order chi connectivity index (χ1) is 6.53. The molecule has 0 spiro atoms. The van der Waals surface area contributed by atoms with Gasteiger partial charge in [-0.15, -0.1) is 0 Å². The van der Waals surface area contributed by atoms with Crippen molar-refractivity contribution >= 4 is 5.78 Å². The molecule has 0 aromatic heterocycles. The minimum absolute atomic E-state index is 0.0402. The number of likely N-dealkylation sites (tertiary alicyclic amines) is 1. The molecule has 1 fully saturated rings. The Balaban J connectivity index is 2.22. The molecule has 1 heterocycles. The van der Waals surface area contributed by atoms with Crippen LogP contribution in [0.25, 0.3) is 0 Å². The van der Waals surface area contributed by atoms with Gasteiger partial charge in [0.2, 0.25) is 0 Å². The molecule has 0 aromatic rings. The van der Waals surface area contributed by atoms with Gasteiger partial charge in [0.05, 0.1) is 5.60 Å². The standard InChI is InChI=1S/C11H21NO2/c1-11(2,14-3)6-9-12-7-4-10(13)5-8-12/h4-9H2,1-3H3. The van der Waals surface area contributed by atoms with E-state index in [-0.39, 0.29) is 5.60 Å². The fourth-order valence-corrected chi connectivity index (χ4v) is 1.56. The van der Waals surface area contributed by atoms with E-state index in [4.69, 9.17) is 4.74 Å². The quantitative estimate of drug-likeness (QED) is 0.686. The van der Waals surface area contributed by atoms with E-state index in [0.717, 1.165) is 38.9 Å². The zero-order valence-corrected chi connectivity index (χ0v) is 9.51. The Hall–Kier alpha value is -0.410. The van der Waals surface area contributed by atoms with Gasteiger partial charge in [-0.2, -0.15) is 0 Å². The molecule has 1 aliphatic heterocycles. The Bertz CT molecular complexity index is 191. The van der Waals surface area contributed by atoms with Gasteiger partial charge in [-0.25, -0.2) is 0 Å². The van der Waals surface area contributed by atoms with E-state index in [0.29, 0.717) is 5.78 Å². The van der Waals surface area contributed by atoms with Crippen LogP contribution in [0.4, 0.5) is 0 Å². The fourth-order valence-electron chi connectivity index (χ4n) is 1.56. The number of hydrogen-bond acceptors (Lipinski definition) is 3. The average molecular weight is 199 g/mol. The zero-order chi connectivity index (χ0) is 10.6. The van der Waals surface area contributed by atoms with E-state index in [1.807, 2.05) is 0 Å². The van der Waals surface area contributed by atoms with Crippen molar-refractivity contribution in [3.63, 3.8) is 0 Å². The average Bonchev–Trinajstić information content (AvgIpc) is 2.17. The summed E-state index contributed by atoms with van der Waals surface area (Å²) in [6, 6.07) is 0. The van der Waals surface area contributed by atoms with Crippen molar-refractivity contribution in [1.82, 2.24) is 4.90 Å². The summed E-state index contributed by atoms with van der Waals surface area (Å²) in [5, 5.41) is 0. The molecule has 0 amide bonds. The lowest BCUT2D eigenvalue weighted by Crippen LogP contribution is -2.37. The SMILES string of the molecule is COC(C)(C)CCN1CCC(=O)CC1. The lowest BCUT2D eigenvalue weighted by Gasteiger charge is -2.30. The lowest BCUT2D eigenvalue weighted by atomic mass is 10.0. The van der Waals surface area contributed by atoms with Crippen LogP contribution in [0.2, 0.25) is 0 Å². The monoisotopic (exact) mass is 199 g/mol. The Morgan fingerprint density at radius 3 is 2.43 bits per heavy atom. The number of ether oxygens (including phenoxy) is 1. The van der Waals surface area contributed by atoms with E-state index >= 15 is 0 Å². The summed E-state index contributed by atoms with van der Waals surface area (Å²) in [5.74, 6) is 0.409. The number of methoxy groups -OCH3 is 1.